The molecule has 2 aromatic carbocycles. The third-order valence-corrected chi connectivity index (χ3v) is 2.99. The van der Waals surface area contributed by atoms with Crippen LogP contribution >= 0.6 is 23.2 Å². The summed E-state index contributed by atoms with van der Waals surface area (Å²) >= 11 is 11.6. The molecule has 0 aromatic heterocycles. The van der Waals surface area contributed by atoms with Gasteiger partial charge in [-0.1, -0.05) is 53.2 Å². The molecular weight excluding hydrogens is 283 g/mol. The maximum absolute atomic E-state index is 9.96. The fourth-order valence-electron chi connectivity index (χ4n) is 1.55. The van der Waals surface area contributed by atoms with Crippen LogP contribution in [-0.2, 0) is 0 Å². The lowest BCUT2D eigenvalue weighted by Gasteiger charge is -2.08. The molecule has 96 valence electrons. The van der Waals surface area contributed by atoms with Gasteiger partial charge in [0.1, 0.15) is 11.9 Å². The molecule has 2 aromatic rings. The highest BCUT2D eigenvalue weighted by molar-refractivity contribution is 6.35. The first-order valence-corrected chi connectivity index (χ1v) is 6.26. The van der Waals surface area contributed by atoms with Crippen LogP contribution < -0.4 is 0 Å². The van der Waals surface area contributed by atoms with Gasteiger partial charge in [0.05, 0.1) is 5.02 Å². The number of phenolic OH excluding ortho intramolecular Hbond substituents is 1. The largest absolute Gasteiger partial charge is 0.506 e. The molecule has 0 aliphatic rings. The minimum Gasteiger partial charge on any atom is -0.506 e. The van der Waals surface area contributed by atoms with Crippen molar-refractivity contribution in [2.24, 2.45) is 0 Å². The van der Waals surface area contributed by atoms with E-state index in [4.69, 9.17) is 23.2 Å². The van der Waals surface area contributed by atoms with Crippen LogP contribution in [0.1, 0.15) is 17.2 Å². The Balaban J connectivity index is 2.31. The second-order valence-electron chi connectivity index (χ2n) is 3.86. The molecule has 0 amide bonds. The lowest BCUT2D eigenvalue weighted by atomic mass is 10.1. The van der Waals surface area contributed by atoms with E-state index in [1.807, 2.05) is 30.3 Å². The molecule has 0 bridgehead atoms. The van der Waals surface area contributed by atoms with E-state index in [1.54, 1.807) is 0 Å². The first-order chi connectivity index (χ1) is 9.08. The Kier molecular flexibility index (Phi) is 4.34. The Bertz CT molecular complexity index is 642. The summed E-state index contributed by atoms with van der Waals surface area (Å²) in [4.78, 5) is 0. The molecule has 19 heavy (non-hydrogen) atoms. The lowest BCUT2D eigenvalue weighted by Crippen LogP contribution is -1.95. The Labute approximate surface area is 121 Å². The average Bonchev–Trinajstić information content (AvgIpc) is 2.41. The number of hydrogen-bond acceptors (Lipinski definition) is 2. The second-order valence-corrected chi connectivity index (χ2v) is 4.71. The minimum absolute atomic E-state index is 0.0862. The van der Waals surface area contributed by atoms with Gasteiger partial charge in [-0.25, -0.2) is 0 Å². The van der Waals surface area contributed by atoms with Crippen LogP contribution in [0.5, 0.6) is 5.75 Å². The Morgan fingerprint density at radius 2 is 1.74 bits per heavy atom. The van der Waals surface area contributed by atoms with E-state index >= 15 is 0 Å². The Morgan fingerprint density at radius 3 is 2.42 bits per heavy atom. The van der Waals surface area contributed by atoms with Gasteiger partial charge in [0.2, 0.25) is 0 Å². The van der Waals surface area contributed by atoms with Crippen molar-refractivity contribution < 1.29 is 10.2 Å². The quantitative estimate of drug-likeness (QED) is 0.785. The highest BCUT2D eigenvalue weighted by Gasteiger charge is 2.13. The molecule has 0 aliphatic heterocycles. The van der Waals surface area contributed by atoms with Crippen molar-refractivity contribution in [1.29, 1.82) is 0 Å². The van der Waals surface area contributed by atoms with Gasteiger partial charge in [0, 0.05) is 16.1 Å². The van der Waals surface area contributed by atoms with Crippen molar-refractivity contribution in [3.63, 3.8) is 0 Å². The van der Waals surface area contributed by atoms with Crippen molar-refractivity contribution in [1.82, 2.24) is 0 Å². The summed E-state index contributed by atoms with van der Waals surface area (Å²) in [5.41, 5.74) is 0.968. The number of aliphatic hydroxyl groups excluding tert-OH is 1. The summed E-state index contributed by atoms with van der Waals surface area (Å²) in [7, 11) is 0. The van der Waals surface area contributed by atoms with Gasteiger partial charge in [0.25, 0.3) is 0 Å². The number of halogens is 2. The molecular formula is C15H10Cl2O2. The highest BCUT2D eigenvalue weighted by Crippen LogP contribution is 2.34. The standard InChI is InChI=1S/C15H10Cl2O2/c16-11-8-12(15(19)13(17)9-11)14(18)7-6-10-4-2-1-3-5-10/h1-5,8-9,14,18-19H. The summed E-state index contributed by atoms with van der Waals surface area (Å²) in [5.74, 6) is 5.24. The van der Waals surface area contributed by atoms with Crippen LogP contribution in [0, 0.1) is 11.8 Å². The maximum atomic E-state index is 9.96. The van der Waals surface area contributed by atoms with Crippen molar-refractivity contribution in [2.75, 3.05) is 0 Å². The van der Waals surface area contributed by atoms with E-state index in [1.165, 1.54) is 12.1 Å². The fraction of sp³-hybridized carbons (Fsp3) is 0.0667. The van der Waals surface area contributed by atoms with Gasteiger partial charge < -0.3 is 10.2 Å². The van der Waals surface area contributed by atoms with E-state index in [0.717, 1.165) is 5.56 Å². The number of hydrogen-bond donors (Lipinski definition) is 2. The molecule has 0 heterocycles. The number of aliphatic hydroxyl groups is 1. The SMILES string of the molecule is Oc1c(Cl)cc(Cl)cc1C(O)C#Cc1ccccc1. The first-order valence-electron chi connectivity index (χ1n) is 5.50. The van der Waals surface area contributed by atoms with Gasteiger partial charge in [-0.3, -0.25) is 0 Å². The van der Waals surface area contributed by atoms with Gasteiger partial charge in [-0.2, -0.15) is 0 Å². The highest BCUT2D eigenvalue weighted by atomic mass is 35.5. The predicted molar refractivity (Wildman–Crippen MR) is 76.4 cm³/mol. The van der Waals surface area contributed by atoms with Crippen molar-refractivity contribution in [3.8, 4) is 17.6 Å². The van der Waals surface area contributed by atoms with Crippen molar-refractivity contribution >= 4 is 23.2 Å². The number of aromatic hydroxyl groups is 1. The average molecular weight is 293 g/mol. The van der Waals surface area contributed by atoms with E-state index in [0.29, 0.717) is 5.02 Å². The number of phenols is 1. The minimum atomic E-state index is -1.16. The van der Waals surface area contributed by atoms with Crippen LogP contribution in [0.3, 0.4) is 0 Å². The predicted octanol–water partition coefficient (Wildman–Crippen LogP) is 3.78. The van der Waals surface area contributed by atoms with E-state index in [-0.39, 0.29) is 16.3 Å². The van der Waals surface area contributed by atoms with Crippen LogP contribution in [0.15, 0.2) is 42.5 Å². The molecule has 0 radical (unpaired) electrons. The second kappa shape index (κ2) is 5.99. The molecule has 2 nitrogen and oxygen atoms in total. The summed E-state index contributed by atoms with van der Waals surface area (Å²) in [6.45, 7) is 0. The molecule has 1 unspecified atom stereocenters. The van der Waals surface area contributed by atoms with Gasteiger partial charge >= 0.3 is 0 Å². The zero-order valence-electron chi connectivity index (χ0n) is 9.77. The van der Waals surface area contributed by atoms with Gasteiger partial charge in [0.15, 0.2) is 0 Å². The molecule has 0 aliphatic carbocycles. The van der Waals surface area contributed by atoms with Crippen molar-refractivity contribution in [2.45, 2.75) is 6.10 Å². The monoisotopic (exact) mass is 292 g/mol. The maximum Gasteiger partial charge on any atom is 0.144 e. The molecule has 1 atom stereocenters. The molecule has 0 fully saturated rings. The first kappa shape index (κ1) is 13.8. The third kappa shape index (κ3) is 3.42. The molecule has 4 heteroatoms. The smallest absolute Gasteiger partial charge is 0.144 e. The van der Waals surface area contributed by atoms with E-state index in [2.05, 4.69) is 11.8 Å². The zero-order chi connectivity index (χ0) is 13.8. The topological polar surface area (TPSA) is 40.5 Å². The Morgan fingerprint density at radius 1 is 1.05 bits per heavy atom. The molecule has 0 saturated heterocycles. The number of rotatable bonds is 1. The van der Waals surface area contributed by atoms with Crippen LogP contribution in [-0.4, -0.2) is 10.2 Å². The van der Waals surface area contributed by atoms with Gasteiger partial charge in [-0.05, 0) is 24.3 Å². The molecule has 2 N–H and O–H groups in total. The third-order valence-electron chi connectivity index (χ3n) is 2.48. The molecule has 2 rings (SSSR count). The van der Waals surface area contributed by atoms with E-state index < -0.39 is 6.10 Å². The normalized spacial score (nSPS) is 11.5. The lowest BCUT2D eigenvalue weighted by molar-refractivity contribution is 0.233. The fourth-order valence-corrected chi connectivity index (χ4v) is 2.05. The Hall–Kier alpha value is -1.66. The zero-order valence-corrected chi connectivity index (χ0v) is 11.3. The van der Waals surface area contributed by atoms with Crippen molar-refractivity contribution in [3.05, 3.63) is 63.6 Å². The summed E-state index contributed by atoms with van der Waals surface area (Å²) in [6.07, 6.45) is -1.16. The van der Waals surface area contributed by atoms with Crippen LogP contribution in [0.4, 0.5) is 0 Å². The summed E-state index contributed by atoms with van der Waals surface area (Å²) in [5, 5.41) is 20.1. The summed E-state index contributed by atoms with van der Waals surface area (Å²) < 4.78 is 0. The number of benzene rings is 2. The van der Waals surface area contributed by atoms with E-state index in [9.17, 15) is 10.2 Å². The molecule has 0 spiro atoms. The summed E-state index contributed by atoms with van der Waals surface area (Å²) in [6, 6.07) is 12.1. The van der Waals surface area contributed by atoms with Gasteiger partial charge in [-0.15, -0.1) is 0 Å². The van der Waals surface area contributed by atoms with Crippen LogP contribution in [0.25, 0.3) is 0 Å². The molecule has 0 saturated carbocycles. The van der Waals surface area contributed by atoms with Crippen LogP contribution in [0.2, 0.25) is 10.0 Å².